The molecule has 2 atom stereocenters. The third-order valence-electron chi connectivity index (χ3n) is 5.52. The Kier molecular flexibility index (Phi) is 5.79. The fraction of sp³-hybridized carbons (Fsp3) is 0.348. The molecule has 0 aliphatic carbocycles. The van der Waals surface area contributed by atoms with E-state index in [1.165, 1.54) is 4.90 Å². The fourth-order valence-electron chi connectivity index (χ4n) is 3.87. The first-order chi connectivity index (χ1) is 15.0. The Morgan fingerprint density at radius 3 is 2.65 bits per heavy atom. The average Bonchev–Trinajstić information content (AvgIpc) is 3.49. The number of carbonyl (C=O) groups is 2. The van der Waals surface area contributed by atoms with Crippen LogP contribution in [0.3, 0.4) is 0 Å². The number of nitrogens with one attached hydrogen (secondary N) is 1. The number of ether oxygens (including phenoxy) is 1. The molecule has 31 heavy (non-hydrogen) atoms. The zero-order chi connectivity index (χ0) is 22.0. The van der Waals surface area contributed by atoms with E-state index >= 15 is 0 Å². The number of para-hydroxylation sites is 1. The molecular formula is C23H25N3O5. The van der Waals surface area contributed by atoms with Gasteiger partial charge in [0.15, 0.2) is 5.76 Å². The monoisotopic (exact) mass is 423 g/mol. The van der Waals surface area contributed by atoms with Crippen LogP contribution in [0.1, 0.15) is 39.8 Å². The van der Waals surface area contributed by atoms with Crippen molar-refractivity contribution in [3.63, 3.8) is 0 Å². The number of aryl methyl sites for hydroxylation is 2. The third-order valence-corrected chi connectivity index (χ3v) is 5.52. The Labute approximate surface area is 180 Å². The largest absolute Gasteiger partial charge is 0.488 e. The SMILES string of the molecule is CNC(=O)[C@@H]1C[C@H](Oc2ccccc2)CN1C(=O)c1ccc(Cc2c(C)noc2C)o1. The zero-order valence-corrected chi connectivity index (χ0v) is 17.8. The lowest BCUT2D eigenvalue weighted by Crippen LogP contribution is -2.44. The Morgan fingerprint density at radius 1 is 1.19 bits per heavy atom. The van der Waals surface area contributed by atoms with Crippen LogP contribution in [0.5, 0.6) is 5.75 Å². The molecule has 162 valence electrons. The summed E-state index contributed by atoms with van der Waals surface area (Å²) in [6.45, 7) is 4.01. The molecule has 1 saturated heterocycles. The van der Waals surface area contributed by atoms with Crippen molar-refractivity contribution in [3.05, 3.63) is 71.0 Å². The quantitative estimate of drug-likeness (QED) is 0.655. The van der Waals surface area contributed by atoms with Gasteiger partial charge >= 0.3 is 0 Å². The number of furan rings is 1. The molecule has 0 unspecified atom stereocenters. The van der Waals surface area contributed by atoms with E-state index in [0.717, 1.165) is 17.0 Å². The van der Waals surface area contributed by atoms with Gasteiger partial charge in [-0.05, 0) is 38.1 Å². The smallest absolute Gasteiger partial charge is 0.290 e. The maximum atomic E-state index is 13.2. The van der Waals surface area contributed by atoms with Gasteiger partial charge < -0.3 is 23.9 Å². The minimum Gasteiger partial charge on any atom is -0.488 e. The first-order valence-corrected chi connectivity index (χ1v) is 10.2. The van der Waals surface area contributed by atoms with E-state index in [0.29, 0.717) is 30.9 Å². The second-order valence-corrected chi connectivity index (χ2v) is 7.62. The Bertz CT molecular complexity index is 1050. The third kappa shape index (κ3) is 4.33. The average molecular weight is 423 g/mol. The number of likely N-dealkylation sites (N-methyl/N-ethyl adjacent to an activating group) is 1. The molecule has 1 fully saturated rings. The van der Waals surface area contributed by atoms with Gasteiger partial charge in [0.25, 0.3) is 5.91 Å². The number of aromatic nitrogens is 1. The predicted octanol–water partition coefficient (Wildman–Crippen LogP) is 2.88. The highest BCUT2D eigenvalue weighted by molar-refractivity contribution is 5.96. The van der Waals surface area contributed by atoms with Gasteiger partial charge in [-0.25, -0.2) is 0 Å². The zero-order valence-electron chi connectivity index (χ0n) is 17.8. The molecule has 8 nitrogen and oxygen atoms in total. The van der Waals surface area contributed by atoms with E-state index in [1.807, 2.05) is 44.2 Å². The number of hydrogen-bond acceptors (Lipinski definition) is 6. The maximum Gasteiger partial charge on any atom is 0.290 e. The van der Waals surface area contributed by atoms with Crippen LogP contribution in [0.25, 0.3) is 0 Å². The summed E-state index contributed by atoms with van der Waals surface area (Å²) >= 11 is 0. The number of rotatable bonds is 6. The number of likely N-dealkylation sites (tertiary alicyclic amines) is 1. The first kappa shape index (κ1) is 20.7. The van der Waals surface area contributed by atoms with Gasteiger partial charge in [0.2, 0.25) is 5.91 Å². The van der Waals surface area contributed by atoms with Gasteiger partial charge in [-0.15, -0.1) is 0 Å². The van der Waals surface area contributed by atoms with Gasteiger partial charge in [-0.3, -0.25) is 9.59 Å². The van der Waals surface area contributed by atoms with Crippen molar-refractivity contribution in [2.24, 2.45) is 0 Å². The van der Waals surface area contributed by atoms with Crippen molar-refractivity contribution in [1.82, 2.24) is 15.4 Å². The maximum absolute atomic E-state index is 13.2. The molecule has 1 aliphatic rings. The number of nitrogens with zero attached hydrogens (tertiary/aromatic N) is 2. The summed E-state index contributed by atoms with van der Waals surface area (Å²) in [5.41, 5.74) is 1.73. The van der Waals surface area contributed by atoms with Crippen molar-refractivity contribution in [3.8, 4) is 5.75 Å². The Balaban J connectivity index is 1.50. The molecule has 0 bridgehead atoms. The fourth-order valence-corrected chi connectivity index (χ4v) is 3.87. The summed E-state index contributed by atoms with van der Waals surface area (Å²) in [6.07, 6.45) is 0.602. The van der Waals surface area contributed by atoms with Crippen LogP contribution in [-0.2, 0) is 11.2 Å². The summed E-state index contributed by atoms with van der Waals surface area (Å²) in [7, 11) is 1.56. The lowest BCUT2D eigenvalue weighted by atomic mass is 10.1. The molecule has 3 aromatic rings. The topological polar surface area (TPSA) is 97.8 Å². The van der Waals surface area contributed by atoms with E-state index in [-0.39, 0.29) is 23.7 Å². The highest BCUT2D eigenvalue weighted by atomic mass is 16.5. The molecular weight excluding hydrogens is 398 g/mol. The Hall–Kier alpha value is -3.55. The molecule has 1 N–H and O–H groups in total. The molecule has 2 amide bonds. The molecule has 0 spiro atoms. The van der Waals surface area contributed by atoms with Gasteiger partial charge in [0, 0.05) is 25.5 Å². The Morgan fingerprint density at radius 2 is 1.97 bits per heavy atom. The van der Waals surface area contributed by atoms with E-state index in [1.54, 1.807) is 19.2 Å². The summed E-state index contributed by atoms with van der Waals surface area (Å²) in [6, 6.07) is 12.2. The van der Waals surface area contributed by atoms with Crippen LogP contribution >= 0.6 is 0 Å². The van der Waals surface area contributed by atoms with E-state index in [4.69, 9.17) is 13.7 Å². The van der Waals surface area contributed by atoms with Crippen LogP contribution in [0.4, 0.5) is 0 Å². The van der Waals surface area contributed by atoms with Gasteiger partial charge in [-0.1, -0.05) is 23.4 Å². The minimum atomic E-state index is -0.623. The van der Waals surface area contributed by atoms with Crippen molar-refractivity contribution in [2.45, 2.75) is 38.8 Å². The van der Waals surface area contributed by atoms with Crippen molar-refractivity contribution in [1.29, 1.82) is 0 Å². The minimum absolute atomic E-state index is 0.191. The van der Waals surface area contributed by atoms with Crippen molar-refractivity contribution in [2.75, 3.05) is 13.6 Å². The number of carbonyl (C=O) groups excluding carboxylic acids is 2. The van der Waals surface area contributed by atoms with E-state index in [9.17, 15) is 9.59 Å². The number of benzene rings is 1. The molecule has 3 heterocycles. The number of amides is 2. The van der Waals surface area contributed by atoms with Crippen molar-refractivity contribution < 1.29 is 23.3 Å². The predicted molar refractivity (Wildman–Crippen MR) is 112 cm³/mol. The lowest BCUT2D eigenvalue weighted by Gasteiger charge is -2.21. The summed E-state index contributed by atoms with van der Waals surface area (Å²) in [4.78, 5) is 27.2. The van der Waals surface area contributed by atoms with Crippen LogP contribution < -0.4 is 10.1 Å². The molecule has 0 saturated carbocycles. The molecule has 1 aliphatic heterocycles. The van der Waals surface area contributed by atoms with Crippen LogP contribution in [0, 0.1) is 13.8 Å². The molecule has 8 heteroatoms. The standard InChI is InChI=1S/C23H25N3O5/c1-14-19(15(2)31-25-14)11-17-9-10-21(30-17)23(28)26-13-18(12-20(26)22(27)24-3)29-16-7-5-4-6-8-16/h4-10,18,20H,11-13H2,1-3H3,(H,24,27)/t18-,20-/m0/s1. The van der Waals surface area contributed by atoms with Gasteiger partial charge in [0.05, 0.1) is 12.2 Å². The highest BCUT2D eigenvalue weighted by Gasteiger charge is 2.41. The van der Waals surface area contributed by atoms with Gasteiger partial charge in [-0.2, -0.15) is 0 Å². The molecule has 4 rings (SSSR count). The first-order valence-electron chi connectivity index (χ1n) is 10.2. The van der Waals surface area contributed by atoms with Crippen molar-refractivity contribution >= 4 is 11.8 Å². The van der Waals surface area contributed by atoms with E-state index in [2.05, 4.69) is 10.5 Å². The number of hydrogen-bond donors (Lipinski definition) is 1. The molecule has 0 radical (unpaired) electrons. The summed E-state index contributed by atoms with van der Waals surface area (Å²) < 4.78 is 17.0. The van der Waals surface area contributed by atoms with Crippen LogP contribution in [0.15, 0.2) is 51.4 Å². The molecule has 1 aromatic carbocycles. The highest BCUT2D eigenvalue weighted by Crippen LogP contribution is 2.26. The van der Waals surface area contributed by atoms with Crippen LogP contribution in [0.2, 0.25) is 0 Å². The van der Waals surface area contributed by atoms with Crippen LogP contribution in [-0.4, -0.2) is 47.6 Å². The second kappa shape index (κ2) is 8.67. The summed E-state index contributed by atoms with van der Waals surface area (Å²) in [5, 5.41) is 6.59. The summed E-state index contributed by atoms with van der Waals surface area (Å²) in [5.74, 6) is 1.69. The van der Waals surface area contributed by atoms with Gasteiger partial charge in [0.1, 0.15) is 29.4 Å². The normalized spacial score (nSPS) is 18.2. The lowest BCUT2D eigenvalue weighted by molar-refractivity contribution is -0.124. The second-order valence-electron chi connectivity index (χ2n) is 7.62. The molecule has 2 aromatic heterocycles. The van der Waals surface area contributed by atoms with E-state index < -0.39 is 6.04 Å².